The molecule has 0 bridgehead atoms. The number of aliphatic hydroxyl groups is 1. The summed E-state index contributed by atoms with van der Waals surface area (Å²) >= 11 is 0. The summed E-state index contributed by atoms with van der Waals surface area (Å²) in [5, 5.41) is 38.2. The second-order valence-electron chi connectivity index (χ2n) is 5.91. The number of benzene rings is 2. The van der Waals surface area contributed by atoms with Gasteiger partial charge in [-0.2, -0.15) is 0 Å². The summed E-state index contributed by atoms with van der Waals surface area (Å²) < 4.78 is 4.97. The zero-order valence-corrected chi connectivity index (χ0v) is 14.6. The van der Waals surface area contributed by atoms with Gasteiger partial charge in [0.15, 0.2) is 28.8 Å². The lowest BCUT2D eigenvalue weighted by atomic mass is 10.0. The number of hydrogen-bond donors (Lipinski definition) is 4. The van der Waals surface area contributed by atoms with E-state index in [1.165, 1.54) is 37.5 Å². The highest BCUT2D eigenvalue weighted by Crippen LogP contribution is 2.29. The predicted molar refractivity (Wildman–Crippen MR) is 97.7 cm³/mol. The maximum Gasteiger partial charge on any atom is 0.163 e. The highest BCUT2D eigenvalue weighted by molar-refractivity contribution is 6.06. The first-order valence-corrected chi connectivity index (χ1v) is 8.09. The summed E-state index contributed by atoms with van der Waals surface area (Å²) in [5.41, 5.74) is 0.878. The fourth-order valence-corrected chi connectivity index (χ4v) is 2.39. The van der Waals surface area contributed by atoms with E-state index in [1.54, 1.807) is 12.1 Å². The van der Waals surface area contributed by atoms with Crippen molar-refractivity contribution < 1.29 is 34.8 Å². The summed E-state index contributed by atoms with van der Waals surface area (Å²) in [4.78, 5) is 23.9. The first-order chi connectivity index (χ1) is 12.8. The van der Waals surface area contributed by atoms with E-state index in [0.717, 1.165) is 6.07 Å². The number of methoxy groups -OCH3 is 1. The van der Waals surface area contributed by atoms with Crippen molar-refractivity contribution in [3.63, 3.8) is 0 Å². The van der Waals surface area contributed by atoms with Crippen LogP contribution in [0.3, 0.4) is 0 Å². The number of ketones is 2. The molecular formula is C20H20O7. The summed E-state index contributed by atoms with van der Waals surface area (Å²) in [6.45, 7) is 0. The molecule has 2 rings (SSSR count). The van der Waals surface area contributed by atoms with E-state index in [1.807, 2.05) is 0 Å². The summed E-state index contributed by atoms with van der Waals surface area (Å²) in [7, 11) is 1.41. The van der Waals surface area contributed by atoms with Crippen molar-refractivity contribution in [2.75, 3.05) is 7.11 Å². The number of phenols is 3. The summed E-state index contributed by atoms with van der Waals surface area (Å²) in [6.07, 6.45) is 0.861. The van der Waals surface area contributed by atoms with Gasteiger partial charge >= 0.3 is 0 Å². The van der Waals surface area contributed by atoms with Crippen molar-refractivity contribution in [2.45, 2.75) is 18.9 Å². The molecule has 7 heteroatoms. The number of aromatic hydroxyl groups is 3. The number of Topliss-reactive ketones (excluding diaryl/α,β-unsaturated/α-hetero) is 1. The molecule has 142 valence electrons. The number of rotatable bonds is 8. The average molecular weight is 372 g/mol. The van der Waals surface area contributed by atoms with Crippen LogP contribution in [0.2, 0.25) is 0 Å². The van der Waals surface area contributed by atoms with Crippen LogP contribution in [0, 0.1) is 0 Å². The van der Waals surface area contributed by atoms with Gasteiger partial charge in [-0.15, -0.1) is 0 Å². The molecule has 0 aliphatic carbocycles. The largest absolute Gasteiger partial charge is 0.504 e. The molecule has 1 unspecified atom stereocenters. The Hall–Kier alpha value is -3.32. The number of hydrogen-bond acceptors (Lipinski definition) is 7. The predicted octanol–water partition coefficient (Wildman–Crippen LogP) is 2.48. The van der Waals surface area contributed by atoms with Gasteiger partial charge in [-0.25, -0.2) is 0 Å². The Morgan fingerprint density at radius 2 is 1.74 bits per heavy atom. The molecule has 0 saturated heterocycles. The molecule has 0 saturated carbocycles. The Bertz CT molecular complexity index is 871. The van der Waals surface area contributed by atoms with E-state index in [2.05, 4.69) is 0 Å². The van der Waals surface area contributed by atoms with E-state index < -0.39 is 23.4 Å². The normalized spacial score (nSPS) is 12.1. The van der Waals surface area contributed by atoms with Gasteiger partial charge in [-0.3, -0.25) is 9.59 Å². The van der Waals surface area contributed by atoms with E-state index in [0.29, 0.717) is 5.56 Å². The second kappa shape index (κ2) is 8.86. The van der Waals surface area contributed by atoms with Crippen LogP contribution in [0.25, 0.3) is 6.08 Å². The minimum atomic E-state index is -1.19. The van der Waals surface area contributed by atoms with Crippen molar-refractivity contribution in [3.8, 4) is 23.0 Å². The minimum absolute atomic E-state index is 0.0228. The first-order valence-electron chi connectivity index (χ1n) is 8.09. The molecular weight excluding hydrogens is 352 g/mol. The highest BCUT2D eigenvalue weighted by Gasteiger charge is 2.16. The molecule has 0 aliphatic heterocycles. The molecule has 0 aromatic heterocycles. The molecule has 4 N–H and O–H groups in total. The smallest absolute Gasteiger partial charge is 0.163 e. The number of ether oxygens (including phenoxy) is 1. The van der Waals surface area contributed by atoms with Crippen molar-refractivity contribution in [2.24, 2.45) is 0 Å². The van der Waals surface area contributed by atoms with Crippen LogP contribution in [0.4, 0.5) is 0 Å². The van der Waals surface area contributed by atoms with Gasteiger partial charge in [0.25, 0.3) is 0 Å². The lowest BCUT2D eigenvalue weighted by Gasteiger charge is -2.10. The third-order valence-corrected chi connectivity index (χ3v) is 3.84. The molecule has 0 fully saturated rings. The number of allylic oxidation sites excluding steroid dienone is 1. The van der Waals surface area contributed by atoms with E-state index in [4.69, 9.17) is 4.74 Å². The van der Waals surface area contributed by atoms with Gasteiger partial charge in [0.05, 0.1) is 19.6 Å². The third-order valence-electron chi connectivity index (χ3n) is 3.84. The van der Waals surface area contributed by atoms with Gasteiger partial charge < -0.3 is 25.2 Å². The molecule has 1 atom stereocenters. The van der Waals surface area contributed by atoms with Crippen LogP contribution >= 0.6 is 0 Å². The Kier molecular flexibility index (Phi) is 6.56. The number of aliphatic hydroxyl groups excluding tert-OH is 1. The van der Waals surface area contributed by atoms with E-state index >= 15 is 0 Å². The minimum Gasteiger partial charge on any atom is -0.504 e. The Morgan fingerprint density at radius 1 is 1.04 bits per heavy atom. The van der Waals surface area contributed by atoms with Crippen LogP contribution in [0.5, 0.6) is 23.0 Å². The summed E-state index contributed by atoms with van der Waals surface area (Å²) in [5.74, 6) is -1.39. The Labute approximate surface area is 155 Å². The summed E-state index contributed by atoms with van der Waals surface area (Å²) in [6, 6.07) is 8.31. The van der Waals surface area contributed by atoms with Gasteiger partial charge in [-0.05, 0) is 41.5 Å². The van der Waals surface area contributed by atoms with Gasteiger partial charge in [-0.1, -0.05) is 18.2 Å². The fourth-order valence-electron chi connectivity index (χ4n) is 2.39. The monoisotopic (exact) mass is 372 g/mol. The zero-order chi connectivity index (χ0) is 20.0. The lowest BCUT2D eigenvalue weighted by molar-refractivity contribution is -0.126. The van der Waals surface area contributed by atoms with Gasteiger partial charge in [0.1, 0.15) is 5.78 Å². The topological polar surface area (TPSA) is 124 Å². The van der Waals surface area contributed by atoms with Crippen molar-refractivity contribution >= 4 is 17.6 Å². The standard InChI is InChI=1S/C20H20O7/c1-27-20-8-12(3-6-17(20)24)2-5-14(21)10-15(22)11-18(25)13-4-7-16(23)19(26)9-13/h2-9,18,23-26H,10-11H2,1H3/b5-2+. The molecule has 2 aromatic carbocycles. The molecule has 7 nitrogen and oxygen atoms in total. The fraction of sp³-hybridized carbons (Fsp3) is 0.200. The lowest BCUT2D eigenvalue weighted by Crippen LogP contribution is -2.10. The van der Waals surface area contributed by atoms with Gasteiger partial charge in [0.2, 0.25) is 0 Å². The highest BCUT2D eigenvalue weighted by atomic mass is 16.5. The Morgan fingerprint density at radius 3 is 2.41 bits per heavy atom. The maximum absolute atomic E-state index is 12.0. The Balaban J connectivity index is 1.93. The van der Waals surface area contributed by atoms with Crippen LogP contribution in [-0.2, 0) is 9.59 Å². The average Bonchev–Trinajstić information content (AvgIpc) is 2.63. The SMILES string of the molecule is COc1cc(/C=C/C(=O)CC(=O)CC(O)c2ccc(O)c(O)c2)ccc1O. The quantitative estimate of drug-likeness (QED) is 0.319. The van der Waals surface area contributed by atoms with Crippen LogP contribution in [0.1, 0.15) is 30.1 Å². The molecule has 0 heterocycles. The van der Waals surface area contributed by atoms with Gasteiger partial charge in [0, 0.05) is 6.42 Å². The number of phenolic OH excluding ortho intramolecular Hbond substituents is 3. The maximum atomic E-state index is 12.0. The van der Waals surface area contributed by atoms with E-state index in [9.17, 15) is 30.0 Å². The molecule has 0 radical (unpaired) electrons. The number of carbonyl (C=O) groups is 2. The van der Waals surface area contributed by atoms with Crippen molar-refractivity contribution in [1.82, 2.24) is 0 Å². The molecule has 0 amide bonds. The third kappa shape index (κ3) is 5.58. The van der Waals surface area contributed by atoms with Crippen LogP contribution in [-0.4, -0.2) is 39.1 Å². The van der Waals surface area contributed by atoms with Crippen molar-refractivity contribution in [1.29, 1.82) is 0 Å². The molecule has 2 aromatic rings. The van der Waals surface area contributed by atoms with Crippen LogP contribution in [0.15, 0.2) is 42.5 Å². The zero-order valence-electron chi connectivity index (χ0n) is 14.6. The first kappa shape index (κ1) is 20.0. The van der Waals surface area contributed by atoms with Crippen molar-refractivity contribution in [3.05, 3.63) is 53.6 Å². The molecule has 27 heavy (non-hydrogen) atoms. The number of carbonyl (C=O) groups excluding carboxylic acids is 2. The van der Waals surface area contributed by atoms with Crippen LogP contribution < -0.4 is 4.74 Å². The second-order valence-corrected chi connectivity index (χ2v) is 5.91. The van der Waals surface area contributed by atoms with E-state index in [-0.39, 0.29) is 35.7 Å². The molecule has 0 aliphatic rings. The molecule has 0 spiro atoms.